The molecule has 3 N–H and O–H groups in total. The van der Waals surface area contributed by atoms with Crippen LogP contribution in [0.3, 0.4) is 0 Å². The van der Waals surface area contributed by atoms with Crippen LogP contribution in [0, 0.1) is 0 Å². The summed E-state index contributed by atoms with van der Waals surface area (Å²) < 4.78 is 0. The highest BCUT2D eigenvalue weighted by molar-refractivity contribution is 6.34. The highest BCUT2D eigenvalue weighted by Crippen LogP contribution is 2.20. The quantitative estimate of drug-likeness (QED) is 0.678. The molecule has 0 atom stereocenters. The fourth-order valence-corrected chi connectivity index (χ4v) is 3.06. The van der Waals surface area contributed by atoms with Gasteiger partial charge in [0, 0.05) is 47.4 Å². The van der Waals surface area contributed by atoms with Crippen LogP contribution in [0.2, 0.25) is 10.0 Å². The molecule has 0 saturated carbocycles. The van der Waals surface area contributed by atoms with Crippen molar-refractivity contribution in [2.75, 3.05) is 17.2 Å². The smallest absolute Gasteiger partial charge is 0.251 e. The minimum atomic E-state index is -0.332. The number of nitrogens with one attached hydrogen (secondary N) is 3. The number of rotatable bonds is 6. The molecule has 0 aliphatic heterocycles. The Balaban J connectivity index is 2.09. The average Bonchev–Trinajstić information content (AvgIpc) is 2.52. The molecule has 0 aliphatic carbocycles. The van der Waals surface area contributed by atoms with Crippen molar-refractivity contribution in [1.29, 1.82) is 0 Å². The van der Waals surface area contributed by atoms with Crippen molar-refractivity contribution in [3.05, 3.63) is 57.6 Å². The minimum absolute atomic E-state index is 0.279. The van der Waals surface area contributed by atoms with Gasteiger partial charge in [-0.1, -0.05) is 23.2 Å². The van der Waals surface area contributed by atoms with Gasteiger partial charge in [-0.2, -0.15) is 0 Å². The first-order chi connectivity index (χ1) is 12.7. The SMILES string of the molecule is CC(=O)Nc1cc(NC(C)=O)cc(C(=O)NCCc2cc(Cl)cc(Cl)c2)c1. The van der Waals surface area contributed by atoms with Gasteiger partial charge in [0.25, 0.3) is 5.91 Å². The van der Waals surface area contributed by atoms with E-state index < -0.39 is 0 Å². The monoisotopic (exact) mass is 407 g/mol. The Bertz CT molecular complexity index is 830. The van der Waals surface area contributed by atoms with Gasteiger partial charge >= 0.3 is 0 Å². The van der Waals surface area contributed by atoms with E-state index in [-0.39, 0.29) is 17.7 Å². The van der Waals surface area contributed by atoms with Gasteiger partial charge in [0.2, 0.25) is 11.8 Å². The van der Waals surface area contributed by atoms with Crippen LogP contribution in [-0.4, -0.2) is 24.3 Å². The minimum Gasteiger partial charge on any atom is -0.352 e. The summed E-state index contributed by atoms with van der Waals surface area (Å²) in [4.78, 5) is 35.0. The first kappa shape index (κ1) is 20.7. The maximum absolute atomic E-state index is 12.5. The van der Waals surface area contributed by atoms with Gasteiger partial charge in [-0.3, -0.25) is 14.4 Å². The van der Waals surface area contributed by atoms with Crippen LogP contribution in [0.4, 0.5) is 11.4 Å². The molecular weight excluding hydrogens is 389 g/mol. The van der Waals surface area contributed by atoms with Crippen molar-refractivity contribution in [3.8, 4) is 0 Å². The second kappa shape index (κ2) is 9.39. The zero-order valence-corrected chi connectivity index (χ0v) is 16.4. The third kappa shape index (κ3) is 6.92. The summed E-state index contributed by atoms with van der Waals surface area (Å²) in [6.45, 7) is 3.09. The Labute approximate surface area is 167 Å². The molecule has 0 fully saturated rings. The van der Waals surface area contributed by atoms with Crippen LogP contribution in [0.1, 0.15) is 29.8 Å². The number of amides is 3. The van der Waals surface area contributed by atoms with E-state index in [2.05, 4.69) is 16.0 Å². The van der Waals surface area contributed by atoms with Gasteiger partial charge in [-0.05, 0) is 48.4 Å². The van der Waals surface area contributed by atoms with Crippen molar-refractivity contribution in [2.45, 2.75) is 20.3 Å². The highest BCUT2D eigenvalue weighted by Gasteiger charge is 2.10. The number of hydrogen-bond acceptors (Lipinski definition) is 3. The predicted molar refractivity (Wildman–Crippen MR) is 108 cm³/mol. The van der Waals surface area contributed by atoms with Crippen molar-refractivity contribution in [3.63, 3.8) is 0 Å². The summed E-state index contributed by atoms with van der Waals surface area (Å²) in [6.07, 6.45) is 0.552. The van der Waals surface area contributed by atoms with Gasteiger partial charge in [-0.25, -0.2) is 0 Å². The molecule has 6 nitrogen and oxygen atoms in total. The van der Waals surface area contributed by atoms with E-state index in [1.54, 1.807) is 24.3 Å². The molecule has 0 saturated heterocycles. The molecule has 0 spiro atoms. The number of carbonyl (C=O) groups is 3. The first-order valence-corrected chi connectivity index (χ1v) is 8.92. The Morgan fingerprint density at radius 3 is 1.81 bits per heavy atom. The largest absolute Gasteiger partial charge is 0.352 e. The topological polar surface area (TPSA) is 87.3 Å². The van der Waals surface area contributed by atoms with E-state index in [0.717, 1.165) is 5.56 Å². The third-order valence-corrected chi connectivity index (χ3v) is 3.89. The molecule has 2 aromatic rings. The highest BCUT2D eigenvalue weighted by atomic mass is 35.5. The van der Waals surface area contributed by atoms with Crippen LogP contribution < -0.4 is 16.0 Å². The normalized spacial score (nSPS) is 10.2. The van der Waals surface area contributed by atoms with Crippen LogP contribution in [0.5, 0.6) is 0 Å². The van der Waals surface area contributed by atoms with Gasteiger partial charge in [0.1, 0.15) is 0 Å². The first-order valence-electron chi connectivity index (χ1n) is 8.16. The molecule has 3 amide bonds. The summed E-state index contributed by atoms with van der Waals surface area (Å²) in [6, 6.07) is 9.87. The third-order valence-electron chi connectivity index (χ3n) is 3.46. The van der Waals surface area contributed by atoms with Crippen LogP contribution in [0.15, 0.2) is 36.4 Å². The summed E-state index contributed by atoms with van der Waals surface area (Å²) >= 11 is 11.9. The summed E-state index contributed by atoms with van der Waals surface area (Å²) in [5, 5.41) is 9.08. The zero-order valence-electron chi connectivity index (χ0n) is 14.9. The van der Waals surface area contributed by atoms with Crippen molar-refractivity contribution >= 4 is 52.3 Å². The molecule has 2 aromatic carbocycles. The van der Waals surface area contributed by atoms with E-state index in [4.69, 9.17) is 23.2 Å². The summed E-state index contributed by atoms with van der Waals surface area (Å²) in [5.74, 6) is -0.889. The molecule has 0 aliphatic rings. The molecule has 0 bridgehead atoms. The fourth-order valence-electron chi connectivity index (χ4n) is 2.49. The number of halogens is 2. The Morgan fingerprint density at radius 2 is 1.33 bits per heavy atom. The van der Waals surface area contributed by atoms with E-state index >= 15 is 0 Å². The zero-order chi connectivity index (χ0) is 20.0. The molecule has 0 heterocycles. The Hall–Kier alpha value is -2.57. The average molecular weight is 408 g/mol. The maximum atomic E-state index is 12.5. The fraction of sp³-hybridized carbons (Fsp3) is 0.211. The lowest BCUT2D eigenvalue weighted by molar-refractivity contribution is -0.115. The maximum Gasteiger partial charge on any atom is 0.251 e. The van der Waals surface area contributed by atoms with Crippen LogP contribution in [-0.2, 0) is 16.0 Å². The van der Waals surface area contributed by atoms with Crippen LogP contribution in [0.25, 0.3) is 0 Å². The molecule has 142 valence electrons. The van der Waals surface area contributed by atoms with Crippen molar-refractivity contribution < 1.29 is 14.4 Å². The summed E-state index contributed by atoms with van der Waals surface area (Å²) in [5.41, 5.74) is 2.05. The number of benzene rings is 2. The lowest BCUT2D eigenvalue weighted by Gasteiger charge is -2.11. The van der Waals surface area contributed by atoms with Gasteiger partial charge < -0.3 is 16.0 Å². The second-order valence-corrected chi connectivity index (χ2v) is 6.82. The molecular formula is C19H19Cl2N3O3. The standard InChI is InChI=1S/C19H19Cl2N3O3/c1-11(25)23-17-7-14(8-18(10-17)24-12(2)26)19(27)22-4-3-13-5-15(20)9-16(21)6-13/h5-10H,3-4H2,1-2H3,(H,22,27)(H,23,25)(H,24,26). The number of hydrogen-bond donors (Lipinski definition) is 3. The lowest BCUT2D eigenvalue weighted by atomic mass is 10.1. The molecule has 2 rings (SSSR count). The van der Waals surface area contributed by atoms with Gasteiger partial charge in [0.15, 0.2) is 0 Å². The van der Waals surface area contributed by atoms with E-state index in [1.807, 2.05) is 0 Å². The van der Waals surface area contributed by atoms with Crippen molar-refractivity contribution in [1.82, 2.24) is 5.32 Å². The second-order valence-electron chi connectivity index (χ2n) is 5.95. The lowest BCUT2D eigenvalue weighted by Crippen LogP contribution is -2.26. The van der Waals surface area contributed by atoms with Crippen molar-refractivity contribution in [2.24, 2.45) is 0 Å². The molecule has 0 aromatic heterocycles. The van der Waals surface area contributed by atoms with E-state index in [0.29, 0.717) is 39.9 Å². The van der Waals surface area contributed by atoms with E-state index in [1.165, 1.54) is 26.0 Å². The molecule has 0 radical (unpaired) electrons. The van der Waals surface area contributed by atoms with E-state index in [9.17, 15) is 14.4 Å². The number of carbonyl (C=O) groups excluding carboxylic acids is 3. The Kier molecular flexibility index (Phi) is 7.21. The van der Waals surface area contributed by atoms with Crippen LogP contribution >= 0.6 is 23.2 Å². The molecule has 8 heteroatoms. The number of anilines is 2. The predicted octanol–water partition coefficient (Wildman–Crippen LogP) is 3.88. The van der Waals surface area contributed by atoms with Gasteiger partial charge in [-0.15, -0.1) is 0 Å². The Morgan fingerprint density at radius 1 is 0.815 bits per heavy atom. The van der Waals surface area contributed by atoms with Gasteiger partial charge in [0.05, 0.1) is 0 Å². The molecule has 27 heavy (non-hydrogen) atoms. The summed E-state index contributed by atoms with van der Waals surface area (Å²) in [7, 11) is 0. The molecule has 0 unspecified atom stereocenters.